The van der Waals surface area contributed by atoms with Crippen LogP contribution in [-0.4, -0.2) is 22.9 Å². The first-order valence-electron chi connectivity index (χ1n) is 6.00. The van der Waals surface area contributed by atoms with E-state index in [-0.39, 0.29) is 5.84 Å². The number of hydrogen-bond donors (Lipinski definition) is 2. The average molecular weight is 255 g/mol. The van der Waals surface area contributed by atoms with E-state index in [0.29, 0.717) is 18.1 Å². The molecule has 2 aromatic rings. The molecule has 98 valence electrons. The van der Waals surface area contributed by atoms with Crippen LogP contribution in [0.15, 0.2) is 36.7 Å². The molecule has 0 atom stereocenters. The highest BCUT2D eigenvalue weighted by Crippen LogP contribution is 2.17. The number of nitrogen functional groups attached to an aromatic ring is 1. The molecule has 0 amide bonds. The summed E-state index contributed by atoms with van der Waals surface area (Å²) in [6, 6.07) is 8.18. The number of hydrogen-bond acceptors (Lipinski definition) is 4. The van der Waals surface area contributed by atoms with E-state index in [9.17, 15) is 0 Å². The highest BCUT2D eigenvalue weighted by Gasteiger charge is 2.13. The van der Waals surface area contributed by atoms with Gasteiger partial charge < -0.3 is 10.6 Å². The zero-order chi connectivity index (χ0) is 13.8. The van der Waals surface area contributed by atoms with Gasteiger partial charge in [0.15, 0.2) is 5.82 Å². The Hall–Kier alpha value is -2.43. The van der Waals surface area contributed by atoms with Crippen molar-refractivity contribution < 1.29 is 0 Å². The predicted octanol–water partition coefficient (Wildman–Crippen LogP) is 1.71. The fourth-order valence-corrected chi connectivity index (χ4v) is 1.92. The first kappa shape index (κ1) is 13.0. The maximum atomic E-state index is 7.54. The van der Waals surface area contributed by atoms with Crippen LogP contribution in [-0.2, 0) is 6.54 Å². The third-order valence-electron chi connectivity index (χ3n) is 2.96. The Bertz CT molecular complexity index is 594. The summed E-state index contributed by atoms with van der Waals surface area (Å²) in [6.45, 7) is 2.78. The molecule has 5 nitrogen and oxygen atoms in total. The number of anilines is 1. The summed E-state index contributed by atoms with van der Waals surface area (Å²) in [6.07, 6.45) is 3.15. The monoisotopic (exact) mass is 255 g/mol. The van der Waals surface area contributed by atoms with Gasteiger partial charge in [-0.2, -0.15) is 0 Å². The number of rotatable bonds is 4. The van der Waals surface area contributed by atoms with Gasteiger partial charge in [-0.05, 0) is 18.1 Å². The maximum Gasteiger partial charge on any atom is 0.158 e. The third kappa shape index (κ3) is 2.88. The van der Waals surface area contributed by atoms with Gasteiger partial charge in [0.2, 0.25) is 0 Å². The number of amidine groups is 1. The van der Waals surface area contributed by atoms with Gasteiger partial charge in [-0.25, -0.2) is 9.97 Å². The molecule has 0 aliphatic rings. The molecular weight excluding hydrogens is 238 g/mol. The van der Waals surface area contributed by atoms with E-state index in [1.54, 1.807) is 12.4 Å². The van der Waals surface area contributed by atoms with Crippen LogP contribution in [0.3, 0.4) is 0 Å². The molecule has 19 heavy (non-hydrogen) atoms. The van der Waals surface area contributed by atoms with Crippen LogP contribution < -0.4 is 10.6 Å². The fraction of sp³-hybridized carbons (Fsp3) is 0.214. The molecule has 0 spiro atoms. The number of nitrogens with two attached hydrogens (primary N) is 1. The van der Waals surface area contributed by atoms with Gasteiger partial charge in [-0.3, -0.25) is 5.41 Å². The van der Waals surface area contributed by atoms with Crippen LogP contribution >= 0.6 is 0 Å². The van der Waals surface area contributed by atoms with Gasteiger partial charge in [-0.15, -0.1) is 0 Å². The van der Waals surface area contributed by atoms with Gasteiger partial charge >= 0.3 is 0 Å². The van der Waals surface area contributed by atoms with Crippen LogP contribution in [0.4, 0.5) is 5.82 Å². The number of nitrogens with zero attached hydrogens (tertiary/aromatic N) is 3. The minimum Gasteiger partial charge on any atom is -0.382 e. The Kier molecular flexibility index (Phi) is 3.75. The van der Waals surface area contributed by atoms with E-state index in [1.165, 1.54) is 11.1 Å². The lowest BCUT2D eigenvalue weighted by molar-refractivity contribution is 0.879. The van der Waals surface area contributed by atoms with Crippen LogP contribution in [0, 0.1) is 12.3 Å². The van der Waals surface area contributed by atoms with Crippen molar-refractivity contribution in [1.29, 1.82) is 5.41 Å². The summed E-state index contributed by atoms with van der Waals surface area (Å²) < 4.78 is 0. The van der Waals surface area contributed by atoms with Crippen molar-refractivity contribution in [2.45, 2.75) is 13.5 Å². The predicted molar refractivity (Wildman–Crippen MR) is 76.3 cm³/mol. The molecule has 0 radical (unpaired) electrons. The van der Waals surface area contributed by atoms with Crippen molar-refractivity contribution in [2.75, 3.05) is 11.9 Å². The molecule has 1 heterocycles. The first-order chi connectivity index (χ1) is 9.09. The van der Waals surface area contributed by atoms with Crippen LogP contribution in [0.25, 0.3) is 0 Å². The SMILES string of the molecule is Cc1ccccc1CN(C)c1nccnc1C(=N)N. The largest absolute Gasteiger partial charge is 0.382 e. The van der Waals surface area contributed by atoms with Crippen LogP contribution in [0.2, 0.25) is 0 Å². The summed E-state index contributed by atoms with van der Waals surface area (Å²) in [5.41, 5.74) is 8.38. The van der Waals surface area contributed by atoms with Crippen molar-refractivity contribution in [3.63, 3.8) is 0 Å². The second-order valence-corrected chi connectivity index (χ2v) is 4.42. The molecule has 0 fully saturated rings. The Morgan fingerprint density at radius 1 is 1.26 bits per heavy atom. The second kappa shape index (κ2) is 5.48. The molecular formula is C14H17N5. The van der Waals surface area contributed by atoms with Gasteiger partial charge in [0, 0.05) is 26.0 Å². The standard InChI is InChI=1S/C14H17N5/c1-10-5-3-4-6-11(10)9-19(2)14-12(13(15)16)17-7-8-18-14/h3-8H,9H2,1-2H3,(H3,15,16). The van der Waals surface area contributed by atoms with Crippen molar-refractivity contribution >= 4 is 11.7 Å². The molecule has 0 unspecified atom stereocenters. The molecule has 0 bridgehead atoms. The minimum atomic E-state index is -0.0697. The highest BCUT2D eigenvalue weighted by atomic mass is 15.2. The fourth-order valence-electron chi connectivity index (χ4n) is 1.92. The Morgan fingerprint density at radius 3 is 2.63 bits per heavy atom. The summed E-state index contributed by atoms with van der Waals surface area (Å²) in [7, 11) is 1.92. The lowest BCUT2D eigenvalue weighted by Gasteiger charge is -2.21. The molecule has 1 aromatic carbocycles. The lowest BCUT2D eigenvalue weighted by atomic mass is 10.1. The minimum absolute atomic E-state index is 0.0697. The number of aromatic nitrogens is 2. The van der Waals surface area contributed by atoms with E-state index < -0.39 is 0 Å². The number of nitrogens with one attached hydrogen (secondary N) is 1. The van der Waals surface area contributed by atoms with Crippen LogP contribution in [0.5, 0.6) is 0 Å². The van der Waals surface area contributed by atoms with Gasteiger partial charge in [0.05, 0.1) is 0 Å². The average Bonchev–Trinajstić information content (AvgIpc) is 2.41. The zero-order valence-electron chi connectivity index (χ0n) is 11.1. The summed E-state index contributed by atoms with van der Waals surface area (Å²) >= 11 is 0. The van der Waals surface area contributed by atoms with Crippen molar-refractivity contribution in [3.8, 4) is 0 Å². The Balaban J connectivity index is 2.28. The summed E-state index contributed by atoms with van der Waals surface area (Å²) in [5, 5.41) is 7.54. The Labute approximate surface area is 112 Å². The maximum absolute atomic E-state index is 7.54. The second-order valence-electron chi connectivity index (χ2n) is 4.42. The van der Waals surface area contributed by atoms with E-state index in [4.69, 9.17) is 11.1 Å². The van der Waals surface area contributed by atoms with E-state index in [1.807, 2.05) is 24.1 Å². The van der Waals surface area contributed by atoms with Gasteiger partial charge in [0.1, 0.15) is 11.5 Å². The molecule has 0 aliphatic carbocycles. The molecule has 0 aliphatic heterocycles. The number of aryl methyl sites for hydroxylation is 1. The van der Waals surface area contributed by atoms with E-state index >= 15 is 0 Å². The molecule has 0 saturated carbocycles. The van der Waals surface area contributed by atoms with E-state index in [2.05, 4.69) is 29.0 Å². The van der Waals surface area contributed by atoms with Crippen molar-refractivity contribution in [3.05, 3.63) is 53.5 Å². The summed E-state index contributed by atoms with van der Waals surface area (Å²) in [4.78, 5) is 10.3. The summed E-state index contributed by atoms with van der Waals surface area (Å²) in [5.74, 6) is 0.554. The topological polar surface area (TPSA) is 78.9 Å². The zero-order valence-corrected chi connectivity index (χ0v) is 11.1. The highest BCUT2D eigenvalue weighted by molar-refractivity contribution is 5.97. The first-order valence-corrected chi connectivity index (χ1v) is 6.00. The molecule has 3 N–H and O–H groups in total. The molecule has 2 rings (SSSR count). The lowest BCUT2D eigenvalue weighted by Crippen LogP contribution is -2.24. The smallest absolute Gasteiger partial charge is 0.158 e. The van der Waals surface area contributed by atoms with E-state index in [0.717, 1.165) is 0 Å². The normalized spacial score (nSPS) is 10.2. The van der Waals surface area contributed by atoms with Crippen molar-refractivity contribution in [2.24, 2.45) is 5.73 Å². The third-order valence-corrected chi connectivity index (χ3v) is 2.96. The van der Waals surface area contributed by atoms with Gasteiger partial charge in [0.25, 0.3) is 0 Å². The number of benzene rings is 1. The van der Waals surface area contributed by atoms with Gasteiger partial charge in [-0.1, -0.05) is 24.3 Å². The molecule has 1 aromatic heterocycles. The Morgan fingerprint density at radius 2 is 1.95 bits per heavy atom. The van der Waals surface area contributed by atoms with Crippen LogP contribution in [0.1, 0.15) is 16.8 Å². The van der Waals surface area contributed by atoms with Crippen molar-refractivity contribution in [1.82, 2.24) is 9.97 Å². The molecule has 0 saturated heterocycles. The quantitative estimate of drug-likeness (QED) is 0.644. The molecule has 5 heteroatoms.